The maximum atomic E-state index is 2.52. The topological polar surface area (TPSA) is 12.6 Å². The van der Waals surface area contributed by atoms with E-state index in [9.17, 15) is 0 Å². The highest BCUT2D eigenvalue weighted by Gasteiger charge is 2.26. The lowest BCUT2D eigenvalue weighted by Gasteiger charge is -2.30. The summed E-state index contributed by atoms with van der Waals surface area (Å²) in [7, 11) is 0. The highest BCUT2D eigenvalue weighted by atomic mass is 15.2. The molecule has 0 amide bonds. The molecule has 3 aromatic heterocycles. The largest absolute Gasteiger partial charge is 0.314 e. The summed E-state index contributed by atoms with van der Waals surface area (Å²) < 4.78 is 4.94. The van der Waals surface area contributed by atoms with Crippen molar-refractivity contribution in [3.63, 3.8) is 0 Å². The Bertz CT molecular complexity index is 3920. The first-order valence-corrected chi connectivity index (χ1v) is 22.5. The summed E-state index contributed by atoms with van der Waals surface area (Å²) in [4.78, 5) is 2.52. The van der Waals surface area contributed by atoms with Crippen LogP contribution in [0.15, 0.2) is 218 Å². The molecule has 0 N–H and O–H groups in total. The van der Waals surface area contributed by atoms with Crippen molar-refractivity contribution in [2.45, 2.75) is 19.3 Å². The molecule has 14 rings (SSSR count). The van der Waals surface area contributed by atoms with Crippen LogP contribution in [0.3, 0.4) is 0 Å². The third-order valence-electron chi connectivity index (χ3n) is 14.2. The molecule has 0 fully saturated rings. The summed E-state index contributed by atoms with van der Waals surface area (Å²) in [5.41, 5.74) is 21.8. The Balaban J connectivity index is 0.897. The van der Waals surface area contributed by atoms with E-state index in [1.54, 1.807) is 0 Å². The third kappa shape index (κ3) is 5.16. The van der Waals surface area contributed by atoms with Gasteiger partial charge in [0.25, 0.3) is 0 Å². The van der Waals surface area contributed by atoms with Gasteiger partial charge >= 0.3 is 0 Å². The van der Waals surface area contributed by atoms with Gasteiger partial charge in [-0.2, -0.15) is 0 Å². The van der Waals surface area contributed by atoms with Gasteiger partial charge in [-0.25, -0.2) is 0 Å². The third-order valence-corrected chi connectivity index (χ3v) is 14.2. The first-order chi connectivity index (χ1) is 31.7. The number of fused-ring (bicyclic) bond motifs is 12. The number of rotatable bonds is 6. The minimum Gasteiger partial charge on any atom is -0.314 e. The number of hydrogen-bond acceptors (Lipinski definition) is 1. The molecule has 12 aromatic rings. The van der Waals surface area contributed by atoms with Gasteiger partial charge in [0.15, 0.2) is 0 Å². The summed E-state index contributed by atoms with van der Waals surface area (Å²) in [5, 5.41) is 7.78. The zero-order valence-corrected chi connectivity index (χ0v) is 35.2. The van der Waals surface area contributed by atoms with Gasteiger partial charge in [-0.15, -0.1) is 0 Å². The summed E-state index contributed by atoms with van der Waals surface area (Å²) in [6.45, 7) is 0. The van der Waals surface area contributed by atoms with Crippen LogP contribution < -0.4 is 4.90 Å². The van der Waals surface area contributed by atoms with E-state index in [0.717, 1.165) is 19.3 Å². The second kappa shape index (κ2) is 13.7. The predicted molar refractivity (Wildman–Crippen MR) is 269 cm³/mol. The van der Waals surface area contributed by atoms with Gasteiger partial charge in [0, 0.05) is 60.6 Å². The van der Waals surface area contributed by atoms with Gasteiger partial charge in [-0.3, -0.25) is 0 Å². The molecule has 0 aliphatic heterocycles. The molecule has 3 heterocycles. The fraction of sp³-hybridized carbons (Fsp3) is 0.0492. The van der Waals surface area contributed by atoms with Crippen molar-refractivity contribution in [2.24, 2.45) is 0 Å². The van der Waals surface area contributed by atoms with Crippen LogP contribution >= 0.6 is 0 Å². The molecule has 0 unspecified atom stereocenters. The van der Waals surface area contributed by atoms with Crippen LogP contribution in [0.25, 0.3) is 93.4 Å². The lowest BCUT2D eigenvalue weighted by Crippen LogP contribution is -2.18. The number of benzene rings is 9. The van der Waals surface area contributed by atoms with Crippen LogP contribution in [0.2, 0.25) is 0 Å². The molecule has 2 aliphatic carbocycles. The molecular formula is C61H41N3. The average Bonchev–Trinajstić information content (AvgIpc) is 4.10. The van der Waals surface area contributed by atoms with Crippen LogP contribution in [0, 0.1) is 0 Å². The number of aromatic nitrogens is 2. The molecule has 3 heteroatoms. The molecule has 2 aliphatic rings. The zero-order chi connectivity index (χ0) is 41.9. The number of hydrogen-bond donors (Lipinski definition) is 0. The van der Waals surface area contributed by atoms with Gasteiger partial charge in [-0.1, -0.05) is 158 Å². The highest BCUT2D eigenvalue weighted by molar-refractivity contribution is 6.25. The average molecular weight is 816 g/mol. The van der Waals surface area contributed by atoms with E-state index in [-0.39, 0.29) is 0 Å². The van der Waals surface area contributed by atoms with Crippen molar-refractivity contribution in [3.05, 3.63) is 235 Å². The Labute approximate surface area is 371 Å². The monoisotopic (exact) mass is 815 g/mol. The Morgan fingerprint density at radius 2 is 0.984 bits per heavy atom. The number of anilines is 2. The van der Waals surface area contributed by atoms with Crippen LogP contribution in [0.5, 0.6) is 0 Å². The van der Waals surface area contributed by atoms with Crippen molar-refractivity contribution in [1.29, 1.82) is 0 Å². The van der Waals surface area contributed by atoms with Crippen LogP contribution in [-0.2, 0) is 6.42 Å². The summed E-state index contributed by atoms with van der Waals surface area (Å²) >= 11 is 0. The standard InChI is InChI=1S/C61H41N3/c1-3-13-39(14-4-1)40-25-28-45(29-26-40)62(47-31-34-53-51-17-7-9-23-57(51)63(59(53)38-47)44-15-5-2-6-16-44)46-30-33-49-43(37-46)36-42-35-41(27-32-48(42)49)50-19-11-21-55-56-22-12-20-54-52-18-8-10-24-58(52)64(60(50)55)61(54)56/h1-25,27-28,30-35,37-38H,26,29,36H2. The molecule has 0 spiro atoms. The maximum Gasteiger partial charge on any atom is 0.0620 e. The second-order valence-electron chi connectivity index (χ2n) is 17.6. The van der Waals surface area contributed by atoms with E-state index >= 15 is 0 Å². The smallest absolute Gasteiger partial charge is 0.0620 e. The lowest BCUT2D eigenvalue weighted by atomic mass is 9.94. The van der Waals surface area contributed by atoms with Gasteiger partial charge in [0.1, 0.15) is 0 Å². The molecule has 9 aromatic carbocycles. The van der Waals surface area contributed by atoms with Gasteiger partial charge in [0.05, 0.1) is 27.6 Å². The Kier molecular flexibility index (Phi) is 7.58. The predicted octanol–water partition coefficient (Wildman–Crippen LogP) is 16.1. The molecule has 0 saturated carbocycles. The van der Waals surface area contributed by atoms with E-state index in [4.69, 9.17) is 0 Å². The maximum absolute atomic E-state index is 2.52. The van der Waals surface area contributed by atoms with E-state index in [1.165, 1.54) is 127 Å². The van der Waals surface area contributed by atoms with Crippen molar-refractivity contribution < 1.29 is 0 Å². The first kappa shape index (κ1) is 35.5. The Morgan fingerprint density at radius 3 is 1.78 bits per heavy atom. The summed E-state index contributed by atoms with van der Waals surface area (Å²) in [6, 6.07) is 74.3. The first-order valence-electron chi connectivity index (χ1n) is 22.5. The van der Waals surface area contributed by atoms with Gasteiger partial charge in [-0.05, 0) is 113 Å². The SMILES string of the molecule is C1=C(c2ccccc2)CCC(N(c2ccc3c(c2)Cc2cc(-c4cccc5c6cccc7c8ccccc8n(c45)c76)ccc2-3)c2ccc3c4ccccc4n(-c4ccccc4)c3c2)=C1. The minimum absolute atomic E-state index is 0.893. The van der Waals surface area contributed by atoms with Crippen LogP contribution in [0.4, 0.5) is 11.4 Å². The van der Waals surface area contributed by atoms with Crippen molar-refractivity contribution in [3.8, 4) is 27.9 Å². The fourth-order valence-corrected chi connectivity index (χ4v) is 11.3. The van der Waals surface area contributed by atoms with Crippen molar-refractivity contribution >= 4 is 76.8 Å². The van der Waals surface area contributed by atoms with E-state index in [2.05, 4.69) is 226 Å². The number of para-hydroxylation sites is 5. The van der Waals surface area contributed by atoms with E-state index in [1.807, 2.05) is 0 Å². The second-order valence-corrected chi connectivity index (χ2v) is 17.6. The normalized spacial score (nSPS) is 13.6. The zero-order valence-electron chi connectivity index (χ0n) is 35.2. The van der Waals surface area contributed by atoms with Gasteiger partial charge < -0.3 is 13.9 Å². The highest BCUT2D eigenvalue weighted by Crippen LogP contribution is 2.47. The fourth-order valence-electron chi connectivity index (χ4n) is 11.3. The molecule has 64 heavy (non-hydrogen) atoms. The Morgan fingerprint density at radius 1 is 0.375 bits per heavy atom. The van der Waals surface area contributed by atoms with E-state index in [0.29, 0.717) is 0 Å². The van der Waals surface area contributed by atoms with Crippen molar-refractivity contribution in [2.75, 3.05) is 4.90 Å². The number of nitrogens with zero attached hydrogens (tertiary/aromatic N) is 3. The molecule has 0 saturated heterocycles. The van der Waals surface area contributed by atoms with Gasteiger partial charge in [0.2, 0.25) is 0 Å². The quantitative estimate of drug-likeness (QED) is 0.163. The number of allylic oxidation sites excluding steroid dienone is 4. The molecule has 300 valence electrons. The molecule has 0 atom stereocenters. The lowest BCUT2D eigenvalue weighted by molar-refractivity contribution is 0.929. The minimum atomic E-state index is 0.893. The summed E-state index contributed by atoms with van der Waals surface area (Å²) in [6.07, 6.45) is 7.51. The molecule has 0 bridgehead atoms. The molecule has 3 nitrogen and oxygen atoms in total. The van der Waals surface area contributed by atoms with Crippen LogP contribution in [0.1, 0.15) is 29.5 Å². The van der Waals surface area contributed by atoms with Crippen molar-refractivity contribution in [1.82, 2.24) is 8.97 Å². The van der Waals surface area contributed by atoms with E-state index < -0.39 is 0 Å². The molecule has 0 radical (unpaired) electrons. The Hall–Kier alpha value is -8.14. The van der Waals surface area contributed by atoms with Crippen LogP contribution in [-0.4, -0.2) is 8.97 Å². The molecular weight excluding hydrogens is 775 g/mol. The summed E-state index contributed by atoms with van der Waals surface area (Å²) in [5.74, 6) is 0.